The minimum Gasteiger partial charge on any atom is -0.406 e. The van der Waals surface area contributed by atoms with Crippen molar-refractivity contribution in [3.05, 3.63) is 29.8 Å². The highest BCUT2D eigenvalue weighted by atomic mass is 19.4. The van der Waals surface area contributed by atoms with Crippen LogP contribution in [0.2, 0.25) is 0 Å². The van der Waals surface area contributed by atoms with Crippen LogP contribution >= 0.6 is 0 Å². The maximum atomic E-state index is 12.1. The molecule has 0 aliphatic heterocycles. The number of ether oxygens (including phenoxy) is 1. The van der Waals surface area contributed by atoms with E-state index in [0.717, 1.165) is 0 Å². The molecule has 1 aromatic carbocycles. The second-order valence-corrected chi connectivity index (χ2v) is 4.08. The van der Waals surface area contributed by atoms with Crippen molar-refractivity contribution in [1.82, 2.24) is 10.6 Å². The van der Waals surface area contributed by atoms with Crippen LogP contribution in [-0.4, -0.2) is 25.4 Å². The molecule has 1 aromatic rings. The van der Waals surface area contributed by atoms with Crippen molar-refractivity contribution in [3.8, 4) is 5.75 Å². The van der Waals surface area contributed by atoms with E-state index in [4.69, 9.17) is 0 Å². The van der Waals surface area contributed by atoms with Crippen LogP contribution in [0.3, 0.4) is 0 Å². The van der Waals surface area contributed by atoms with Gasteiger partial charge in [0.1, 0.15) is 5.75 Å². The molecule has 4 nitrogen and oxygen atoms in total. The molecule has 0 fully saturated rings. The molecule has 1 amide bonds. The Morgan fingerprint density at radius 3 is 2.75 bits per heavy atom. The normalized spacial score (nSPS) is 11.2. The first-order valence-electron chi connectivity index (χ1n) is 6.23. The summed E-state index contributed by atoms with van der Waals surface area (Å²) >= 11 is 0. The number of amides is 1. The Bertz CT molecular complexity index is 436. The minimum absolute atomic E-state index is 0.0610. The van der Waals surface area contributed by atoms with E-state index >= 15 is 0 Å². The Labute approximate surface area is 115 Å². The maximum Gasteiger partial charge on any atom is 0.573 e. The largest absolute Gasteiger partial charge is 0.573 e. The fourth-order valence-corrected chi connectivity index (χ4v) is 1.57. The molecule has 0 saturated heterocycles. The Morgan fingerprint density at radius 2 is 2.10 bits per heavy atom. The molecule has 0 unspecified atom stereocenters. The molecule has 0 aliphatic rings. The van der Waals surface area contributed by atoms with E-state index in [1.807, 2.05) is 6.92 Å². The molecule has 7 heteroatoms. The highest BCUT2D eigenvalue weighted by Gasteiger charge is 2.31. The molecular weight excluding hydrogens is 273 g/mol. The summed E-state index contributed by atoms with van der Waals surface area (Å²) in [4.78, 5) is 11.2. The molecule has 20 heavy (non-hydrogen) atoms. The fraction of sp³-hybridized carbons (Fsp3) is 0.462. The van der Waals surface area contributed by atoms with Gasteiger partial charge in [-0.1, -0.05) is 12.1 Å². The highest BCUT2D eigenvalue weighted by molar-refractivity contribution is 5.75. The quantitative estimate of drug-likeness (QED) is 0.757. The van der Waals surface area contributed by atoms with Crippen LogP contribution in [0.15, 0.2) is 24.3 Å². The van der Waals surface area contributed by atoms with E-state index in [0.29, 0.717) is 31.6 Å². The summed E-state index contributed by atoms with van der Waals surface area (Å²) < 4.78 is 40.0. The summed E-state index contributed by atoms with van der Waals surface area (Å²) in [6.07, 6.45) is -4.36. The number of carbonyl (C=O) groups is 1. The van der Waals surface area contributed by atoms with Gasteiger partial charge < -0.3 is 15.4 Å². The van der Waals surface area contributed by atoms with Crippen molar-refractivity contribution < 1.29 is 22.7 Å². The molecule has 0 aromatic heterocycles. The van der Waals surface area contributed by atoms with Gasteiger partial charge in [-0.3, -0.25) is 4.79 Å². The summed E-state index contributed by atoms with van der Waals surface area (Å²) in [6, 6.07) is 5.72. The van der Waals surface area contributed by atoms with Gasteiger partial charge in [-0.2, -0.15) is 0 Å². The average molecular weight is 290 g/mol. The van der Waals surface area contributed by atoms with Gasteiger partial charge in [0.25, 0.3) is 0 Å². The highest BCUT2D eigenvalue weighted by Crippen LogP contribution is 2.23. The Morgan fingerprint density at radius 1 is 1.35 bits per heavy atom. The summed E-state index contributed by atoms with van der Waals surface area (Å²) in [5.41, 5.74) is 0.655. The molecule has 0 bridgehead atoms. The van der Waals surface area contributed by atoms with E-state index < -0.39 is 6.36 Å². The van der Waals surface area contributed by atoms with E-state index in [9.17, 15) is 18.0 Å². The van der Waals surface area contributed by atoms with Crippen LogP contribution in [0.5, 0.6) is 5.75 Å². The van der Waals surface area contributed by atoms with Gasteiger partial charge in [-0.15, -0.1) is 13.2 Å². The molecule has 0 atom stereocenters. The van der Waals surface area contributed by atoms with Crippen molar-refractivity contribution in [1.29, 1.82) is 0 Å². The van der Waals surface area contributed by atoms with Gasteiger partial charge in [0.2, 0.25) is 5.91 Å². The topological polar surface area (TPSA) is 50.4 Å². The molecule has 0 aliphatic carbocycles. The van der Waals surface area contributed by atoms with Gasteiger partial charge in [-0.05, 0) is 24.6 Å². The standard InChI is InChI=1S/C13H17F3N2O2/c1-2-18-12(19)6-7-17-9-10-4-3-5-11(8-10)20-13(14,15)16/h3-5,8,17H,2,6-7,9H2,1H3,(H,18,19). The lowest BCUT2D eigenvalue weighted by molar-refractivity contribution is -0.274. The number of hydrogen-bond acceptors (Lipinski definition) is 3. The van der Waals surface area contributed by atoms with Crippen LogP contribution in [0.4, 0.5) is 13.2 Å². The van der Waals surface area contributed by atoms with Crippen molar-refractivity contribution in [2.75, 3.05) is 13.1 Å². The van der Waals surface area contributed by atoms with Gasteiger partial charge in [-0.25, -0.2) is 0 Å². The average Bonchev–Trinajstić information content (AvgIpc) is 2.33. The van der Waals surface area contributed by atoms with E-state index in [1.165, 1.54) is 18.2 Å². The number of benzene rings is 1. The number of hydrogen-bond donors (Lipinski definition) is 2. The van der Waals surface area contributed by atoms with E-state index in [1.54, 1.807) is 6.07 Å². The zero-order chi connectivity index (χ0) is 15.0. The first-order chi connectivity index (χ1) is 9.40. The zero-order valence-corrected chi connectivity index (χ0v) is 11.1. The molecule has 1 rings (SSSR count). The first-order valence-corrected chi connectivity index (χ1v) is 6.23. The van der Waals surface area contributed by atoms with Gasteiger partial charge in [0.15, 0.2) is 0 Å². The lowest BCUT2D eigenvalue weighted by Gasteiger charge is -2.10. The fourth-order valence-electron chi connectivity index (χ4n) is 1.57. The molecule has 112 valence electrons. The molecule has 0 saturated carbocycles. The predicted molar refractivity (Wildman–Crippen MR) is 68.1 cm³/mol. The van der Waals surface area contributed by atoms with Crippen molar-refractivity contribution in [2.24, 2.45) is 0 Å². The van der Waals surface area contributed by atoms with Crippen molar-refractivity contribution >= 4 is 5.91 Å². The second kappa shape index (κ2) is 7.74. The molecule has 0 radical (unpaired) electrons. The molecule has 2 N–H and O–H groups in total. The van der Waals surface area contributed by atoms with E-state index in [2.05, 4.69) is 15.4 Å². The monoisotopic (exact) mass is 290 g/mol. The van der Waals surface area contributed by atoms with Crippen LogP contribution in [0.1, 0.15) is 18.9 Å². The molecule has 0 spiro atoms. The number of nitrogens with one attached hydrogen (secondary N) is 2. The lowest BCUT2D eigenvalue weighted by atomic mass is 10.2. The van der Waals surface area contributed by atoms with Gasteiger partial charge >= 0.3 is 6.36 Å². The number of alkyl halides is 3. The summed E-state index contributed by atoms with van der Waals surface area (Å²) in [5.74, 6) is -0.310. The lowest BCUT2D eigenvalue weighted by Crippen LogP contribution is -2.27. The van der Waals surface area contributed by atoms with Crippen LogP contribution < -0.4 is 15.4 Å². The number of rotatable bonds is 7. The second-order valence-electron chi connectivity index (χ2n) is 4.08. The SMILES string of the molecule is CCNC(=O)CCNCc1cccc(OC(F)(F)F)c1. The minimum atomic E-state index is -4.69. The van der Waals surface area contributed by atoms with Crippen LogP contribution in [0.25, 0.3) is 0 Å². The summed E-state index contributed by atoms with van der Waals surface area (Å²) in [5, 5.41) is 5.64. The smallest absolute Gasteiger partial charge is 0.406 e. The van der Waals surface area contributed by atoms with Crippen LogP contribution in [0, 0.1) is 0 Å². The number of carbonyl (C=O) groups excluding carboxylic acids is 1. The molecule has 0 heterocycles. The zero-order valence-electron chi connectivity index (χ0n) is 11.1. The Hall–Kier alpha value is -1.76. The maximum absolute atomic E-state index is 12.1. The third-order valence-corrected chi connectivity index (χ3v) is 2.36. The van der Waals surface area contributed by atoms with Crippen LogP contribution in [-0.2, 0) is 11.3 Å². The molecular formula is C13H17F3N2O2. The summed E-state index contributed by atoms with van der Waals surface area (Å²) in [6.45, 7) is 3.23. The predicted octanol–water partition coefficient (Wildman–Crippen LogP) is 2.20. The van der Waals surface area contributed by atoms with E-state index in [-0.39, 0.29) is 11.7 Å². The van der Waals surface area contributed by atoms with Gasteiger partial charge in [0.05, 0.1) is 0 Å². The Balaban J connectivity index is 2.37. The van der Waals surface area contributed by atoms with Gasteiger partial charge in [0, 0.05) is 26.1 Å². The third kappa shape index (κ3) is 6.98. The first kappa shape index (κ1) is 16.3. The number of halogens is 3. The summed E-state index contributed by atoms with van der Waals surface area (Å²) in [7, 11) is 0. The Kier molecular flexibility index (Phi) is 6.30. The third-order valence-electron chi connectivity index (χ3n) is 2.36. The van der Waals surface area contributed by atoms with Crippen molar-refractivity contribution in [3.63, 3.8) is 0 Å². The van der Waals surface area contributed by atoms with Crippen molar-refractivity contribution in [2.45, 2.75) is 26.3 Å².